The Bertz CT molecular complexity index is 659. The lowest BCUT2D eigenvalue weighted by atomic mass is 10.1. The fourth-order valence-electron chi connectivity index (χ4n) is 1.49. The largest absolute Gasteiger partial charge is 0.384 e. The van der Waals surface area contributed by atoms with Gasteiger partial charge in [-0.3, -0.25) is 0 Å². The van der Waals surface area contributed by atoms with Crippen molar-refractivity contribution in [2.75, 3.05) is 5.73 Å². The van der Waals surface area contributed by atoms with Gasteiger partial charge in [0, 0.05) is 6.08 Å². The Morgan fingerprint density at radius 2 is 2.28 bits per heavy atom. The quantitative estimate of drug-likeness (QED) is 0.709. The summed E-state index contributed by atoms with van der Waals surface area (Å²) < 4.78 is 1.27. The van der Waals surface area contributed by atoms with E-state index in [9.17, 15) is 5.11 Å². The van der Waals surface area contributed by atoms with E-state index < -0.39 is 5.60 Å². The second kappa shape index (κ2) is 4.05. The first-order valence-corrected chi connectivity index (χ1v) is 5.10. The van der Waals surface area contributed by atoms with Crippen LogP contribution >= 0.6 is 0 Å². The van der Waals surface area contributed by atoms with Crippen molar-refractivity contribution in [1.29, 1.82) is 5.26 Å². The molecule has 0 spiro atoms. The number of aliphatic hydroxyl groups is 1. The van der Waals surface area contributed by atoms with E-state index in [2.05, 4.69) is 20.3 Å². The molecule has 2 aromatic rings. The molecule has 0 fully saturated rings. The third-order valence-corrected chi connectivity index (χ3v) is 2.32. The van der Waals surface area contributed by atoms with Crippen LogP contribution in [0.4, 0.5) is 5.82 Å². The van der Waals surface area contributed by atoms with Crippen molar-refractivity contribution >= 4 is 22.7 Å². The Hall–Kier alpha value is -2.53. The van der Waals surface area contributed by atoms with Gasteiger partial charge in [0.25, 0.3) is 0 Å². The topological polar surface area (TPSA) is 127 Å². The lowest BCUT2D eigenvalue weighted by Gasteiger charge is -2.20. The molecule has 0 aromatic carbocycles. The van der Waals surface area contributed by atoms with Crippen molar-refractivity contribution in [3.63, 3.8) is 0 Å². The average molecular weight is 245 g/mol. The number of rotatable bonds is 2. The molecule has 8 heteroatoms. The summed E-state index contributed by atoms with van der Waals surface area (Å²) in [6.07, 6.45) is 2.46. The molecule has 0 aliphatic carbocycles. The second-order valence-electron chi connectivity index (χ2n) is 4.15. The summed E-state index contributed by atoms with van der Waals surface area (Å²) in [5.41, 5.74) is 5.29. The van der Waals surface area contributed by atoms with E-state index in [0.29, 0.717) is 11.2 Å². The van der Waals surface area contributed by atoms with Crippen molar-refractivity contribution in [3.05, 3.63) is 12.4 Å². The van der Waals surface area contributed by atoms with Crippen molar-refractivity contribution < 1.29 is 5.11 Å². The van der Waals surface area contributed by atoms with E-state index >= 15 is 0 Å². The SMILES string of the molecule is CC(C)(O)/C(=C/C#N)n1nnc2c(N)ncnc21. The molecule has 92 valence electrons. The predicted octanol–water partition coefficient (Wildman–Crippen LogP) is -0.0611. The number of anilines is 1. The summed E-state index contributed by atoms with van der Waals surface area (Å²) in [7, 11) is 0. The monoisotopic (exact) mass is 245 g/mol. The Kier molecular flexibility index (Phi) is 2.68. The van der Waals surface area contributed by atoms with Crippen molar-refractivity contribution in [2.24, 2.45) is 0 Å². The molecular weight excluding hydrogens is 234 g/mol. The van der Waals surface area contributed by atoms with Gasteiger partial charge >= 0.3 is 0 Å². The highest BCUT2D eigenvalue weighted by Gasteiger charge is 2.25. The van der Waals surface area contributed by atoms with Gasteiger partial charge in [0.1, 0.15) is 11.9 Å². The third kappa shape index (κ3) is 1.87. The number of nitrogen functional groups attached to an aromatic ring is 1. The summed E-state index contributed by atoms with van der Waals surface area (Å²) in [6.45, 7) is 3.07. The maximum absolute atomic E-state index is 10.0. The van der Waals surface area contributed by atoms with Crippen LogP contribution in [0, 0.1) is 11.3 Å². The van der Waals surface area contributed by atoms with Gasteiger partial charge in [-0.1, -0.05) is 5.21 Å². The molecule has 2 aromatic heterocycles. The number of nitrogens with two attached hydrogens (primary N) is 1. The standard InChI is InChI=1S/C10H11N7O/c1-10(2,18)6(3-4-11)17-9-7(15-16-17)8(12)13-5-14-9/h3,5,18H,1-2H3,(H2,12,13,14)/b6-3-. The molecule has 0 radical (unpaired) electrons. The van der Waals surface area contributed by atoms with Crippen LogP contribution in [0.25, 0.3) is 16.9 Å². The van der Waals surface area contributed by atoms with Gasteiger partial charge in [-0.25, -0.2) is 9.97 Å². The Morgan fingerprint density at radius 3 is 2.89 bits per heavy atom. The molecule has 0 aliphatic heterocycles. The van der Waals surface area contributed by atoms with Crippen LogP contribution in [0.3, 0.4) is 0 Å². The van der Waals surface area contributed by atoms with Crippen LogP contribution in [0.1, 0.15) is 13.8 Å². The zero-order valence-electron chi connectivity index (χ0n) is 9.86. The van der Waals surface area contributed by atoms with Crippen LogP contribution in [-0.4, -0.2) is 35.7 Å². The number of hydrogen-bond donors (Lipinski definition) is 2. The van der Waals surface area contributed by atoms with E-state index in [1.165, 1.54) is 30.9 Å². The third-order valence-electron chi connectivity index (χ3n) is 2.32. The Morgan fingerprint density at radius 1 is 1.56 bits per heavy atom. The van der Waals surface area contributed by atoms with Gasteiger partial charge in [-0.05, 0) is 13.8 Å². The molecule has 0 amide bonds. The first-order valence-electron chi connectivity index (χ1n) is 5.10. The molecule has 2 rings (SSSR count). The van der Waals surface area contributed by atoms with E-state index in [-0.39, 0.29) is 11.5 Å². The molecule has 3 N–H and O–H groups in total. The number of aromatic nitrogens is 5. The van der Waals surface area contributed by atoms with Gasteiger partial charge in [0.05, 0.1) is 11.8 Å². The highest BCUT2D eigenvalue weighted by atomic mass is 16.3. The van der Waals surface area contributed by atoms with Gasteiger partial charge in [-0.2, -0.15) is 9.94 Å². The van der Waals surface area contributed by atoms with Gasteiger partial charge in [-0.15, -0.1) is 5.10 Å². The fraction of sp³-hybridized carbons (Fsp3) is 0.300. The lowest BCUT2D eigenvalue weighted by Crippen LogP contribution is -2.25. The molecule has 0 saturated carbocycles. The summed E-state index contributed by atoms with van der Waals surface area (Å²) >= 11 is 0. The first kappa shape index (κ1) is 11.9. The predicted molar refractivity (Wildman–Crippen MR) is 63.7 cm³/mol. The zero-order valence-corrected chi connectivity index (χ0v) is 9.86. The lowest BCUT2D eigenvalue weighted by molar-refractivity contribution is 0.136. The zero-order chi connectivity index (χ0) is 13.3. The minimum Gasteiger partial charge on any atom is -0.384 e. The smallest absolute Gasteiger partial charge is 0.188 e. The summed E-state index contributed by atoms with van der Waals surface area (Å²) in [5.74, 6) is 0.193. The molecule has 0 saturated heterocycles. The van der Waals surface area contributed by atoms with Gasteiger partial charge < -0.3 is 10.8 Å². The van der Waals surface area contributed by atoms with E-state index in [1.54, 1.807) is 0 Å². The van der Waals surface area contributed by atoms with Gasteiger partial charge in [0.15, 0.2) is 17.0 Å². The highest BCUT2D eigenvalue weighted by Crippen LogP contribution is 2.23. The average Bonchev–Trinajstić information content (AvgIpc) is 2.69. The van der Waals surface area contributed by atoms with E-state index in [4.69, 9.17) is 11.0 Å². The second-order valence-corrected chi connectivity index (χ2v) is 4.15. The highest BCUT2D eigenvalue weighted by molar-refractivity contribution is 5.83. The van der Waals surface area contributed by atoms with Crippen LogP contribution < -0.4 is 5.73 Å². The van der Waals surface area contributed by atoms with Gasteiger partial charge in [0.2, 0.25) is 0 Å². The molecule has 2 heterocycles. The number of allylic oxidation sites excluding steroid dienone is 1. The van der Waals surface area contributed by atoms with E-state index in [0.717, 1.165) is 0 Å². The minimum absolute atomic E-state index is 0.193. The Balaban J connectivity index is 2.72. The molecule has 0 bridgehead atoms. The van der Waals surface area contributed by atoms with Crippen LogP contribution in [0.5, 0.6) is 0 Å². The van der Waals surface area contributed by atoms with Crippen LogP contribution in [0.15, 0.2) is 12.4 Å². The molecule has 0 atom stereocenters. The molecule has 0 aliphatic rings. The Labute approximate surface area is 102 Å². The van der Waals surface area contributed by atoms with Crippen molar-refractivity contribution in [3.8, 4) is 6.07 Å². The summed E-state index contributed by atoms with van der Waals surface area (Å²) in [5, 5.41) is 26.5. The number of nitriles is 1. The fourth-order valence-corrected chi connectivity index (χ4v) is 1.49. The maximum Gasteiger partial charge on any atom is 0.188 e. The number of nitrogens with zero attached hydrogens (tertiary/aromatic N) is 6. The summed E-state index contributed by atoms with van der Waals surface area (Å²) in [6, 6.07) is 1.86. The van der Waals surface area contributed by atoms with Crippen LogP contribution in [-0.2, 0) is 0 Å². The molecule has 0 unspecified atom stereocenters. The minimum atomic E-state index is -1.27. The molecular formula is C10H11N7O. The molecule has 8 nitrogen and oxygen atoms in total. The normalized spacial score (nSPS) is 12.7. The van der Waals surface area contributed by atoms with Crippen LogP contribution in [0.2, 0.25) is 0 Å². The maximum atomic E-state index is 10.0. The molecule has 18 heavy (non-hydrogen) atoms. The van der Waals surface area contributed by atoms with E-state index in [1.807, 2.05) is 6.07 Å². The number of fused-ring (bicyclic) bond motifs is 1. The summed E-state index contributed by atoms with van der Waals surface area (Å²) in [4.78, 5) is 7.80. The first-order chi connectivity index (χ1) is 8.45. The van der Waals surface area contributed by atoms with Crippen molar-refractivity contribution in [1.82, 2.24) is 25.0 Å². The number of hydrogen-bond acceptors (Lipinski definition) is 7. The van der Waals surface area contributed by atoms with Crippen molar-refractivity contribution in [2.45, 2.75) is 19.4 Å².